The molecule has 0 aliphatic carbocycles. The van der Waals surface area contributed by atoms with Crippen molar-refractivity contribution < 1.29 is 0 Å². The summed E-state index contributed by atoms with van der Waals surface area (Å²) in [6.45, 7) is 4.10. The Bertz CT molecular complexity index is 926. The fraction of sp³-hybridized carbons (Fsp3) is 0.111. The Kier molecular flexibility index (Phi) is 5.55. The fourth-order valence-electron chi connectivity index (χ4n) is 2.31. The van der Waals surface area contributed by atoms with Crippen molar-refractivity contribution in [1.29, 1.82) is 0 Å². The number of nitrogens with two attached hydrogens (primary N) is 2. The minimum Gasteiger partial charge on any atom is -0.374 e. The van der Waals surface area contributed by atoms with Gasteiger partial charge in [0.05, 0.1) is 0 Å². The van der Waals surface area contributed by atoms with E-state index in [-0.39, 0.29) is 0 Å². The van der Waals surface area contributed by atoms with E-state index < -0.39 is 0 Å². The topological polar surface area (TPSA) is 104 Å². The number of rotatable bonds is 2. The van der Waals surface area contributed by atoms with E-state index in [1.54, 1.807) is 0 Å². The maximum Gasteiger partial charge on any atom is 0.203 e. The number of nitrogen functional groups attached to an aromatic ring is 2. The van der Waals surface area contributed by atoms with Crippen LogP contribution in [0.3, 0.4) is 0 Å². The van der Waals surface area contributed by atoms with Gasteiger partial charge in [-0.3, -0.25) is 0 Å². The van der Waals surface area contributed by atoms with Crippen molar-refractivity contribution in [1.82, 2.24) is 20.4 Å². The van der Waals surface area contributed by atoms with Crippen molar-refractivity contribution >= 4 is 32.9 Å². The van der Waals surface area contributed by atoms with Crippen LogP contribution in [0.1, 0.15) is 11.1 Å². The number of nitrogens with zero attached hydrogens (tertiary/aromatic N) is 4. The highest BCUT2D eigenvalue weighted by atomic mass is 32.1. The van der Waals surface area contributed by atoms with Gasteiger partial charge in [0.1, 0.15) is 10.0 Å². The molecular weight excluding hydrogens is 364 g/mol. The molecule has 2 aromatic carbocycles. The summed E-state index contributed by atoms with van der Waals surface area (Å²) in [5.41, 5.74) is 15.6. The van der Waals surface area contributed by atoms with Crippen molar-refractivity contribution in [2.24, 2.45) is 0 Å². The van der Waals surface area contributed by atoms with Crippen LogP contribution < -0.4 is 11.5 Å². The van der Waals surface area contributed by atoms with Gasteiger partial charge in [-0.2, -0.15) is 0 Å². The minimum absolute atomic E-state index is 0.512. The molecule has 2 heterocycles. The molecule has 0 spiro atoms. The van der Waals surface area contributed by atoms with E-state index in [2.05, 4.69) is 20.4 Å². The van der Waals surface area contributed by atoms with Gasteiger partial charge < -0.3 is 11.5 Å². The molecule has 0 fully saturated rings. The first-order valence-electron chi connectivity index (χ1n) is 7.84. The van der Waals surface area contributed by atoms with Gasteiger partial charge in [0.15, 0.2) is 0 Å². The number of aryl methyl sites for hydroxylation is 2. The van der Waals surface area contributed by atoms with Crippen molar-refractivity contribution in [3.63, 3.8) is 0 Å². The third-order valence-electron chi connectivity index (χ3n) is 3.63. The molecule has 26 heavy (non-hydrogen) atoms. The highest BCUT2D eigenvalue weighted by molar-refractivity contribution is 7.18. The summed E-state index contributed by atoms with van der Waals surface area (Å²) in [6.07, 6.45) is 0. The van der Waals surface area contributed by atoms with Gasteiger partial charge in [0, 0.05) is 11.1 Å². The Balaban J connectivity index is 0.000000151. The van der Waals surface area contributed by atoms with Gasteiger partial charge in [0.25, 0.3) is 0 Å². The Morgan fingerprint density at radius 1 is 0.615 bits per heavy atom. The van der Waals surface area contributed by atoms with E-state index in [0.29, 0.717) is 10.3 Å². The Labute approximate surface area is 159 Å². The summed E-state index contributed by atoms with van der Waals surface area (Å²) >= 11 is 2.82. The van der Waals surface area contributed by atoms with Gasteiger partial charge >= 0.3 is 0 Å². The molecule has 0 radical (unpaired) electrons. The molecule has 0 aliphatic rings. The van der Waals surface area contributed by atoms with Crippen LogP contribution in [0.5, 0.6) is 0 Å². The van der Waals surface area contributed by atoms with E-state index in [1.165, 1.54) is 33.8 Å². The molecule has 0 atom stereocenters. The number of hydrogen-bond donors (Lipinski definition) is 2. The van der Waals surface area contributed by atoms with Crippen molar-refractivity contribution in [2.75, 3.05) is 11.5 Å². The highest BCUT2D eigenvalue weighted by Gasteiger charge is 2.06. The lowest BCUT2D eigenvalue weighted by atomic mass is 10.1. The Morgan fingerprint density at radius 3 is 1.31 bits per heavy atom. The number of anilines is 2. The number of aromatic nitrogens is 4. The predicted octanol–water partition coefficient (Wildman–Crippen LogP) is 4.19. The van der Waals surface area contributed by atoms with Crippen molar-refractivity contribution in [3.05, 3.63) is 59.7 Å². The monoisotopic (exact) mass is 382 g/mol. The smallest absolute Gasteiger partial charge is 0.203 e. The second-order valence-electron chi connectivity index (χ2n) is 5.52. The quantitative estimate of drug-likeness (QED) is 0.539. The molecule has 0 aliphatic heterocycles. The van der Waals surface area contributed by atoms with Crippen LogP contribution in [0.25, 0.3) is 21.1 Å². The summed E-state index contributed by atoms with van der Waals surface area (Å²) < 4.78 is 0. The van der Waals surface area contributed by atoms with E-state index >= 15 is 0 Å². The van der Waals surface area contributed by atoms with Gasteiger partial charge in [-0.25, -0.2) is 0 Å². The number of hydrogen-bond acceptors (Lipinski definition) is 8. The number of benzene rings is 2. The largest absolute Gasteiger partial charge is 0.374 e. The molecular formula is C18H18N6S2. The lowest BCUT2D eigenvalue weighted by Gasteiger charge is -1.98. The summed E-state index contributed by atoms with van der Waals surface area (Å²) in [5.74, 6) is 0. The molecule has 2 aromatic heterocycles. The van der Waals surface area contributed by atoms with Crippen LogP contribution in [0.4, 0.5) is 10.3 Å². The lowest BCUT2D eigenvalue weighted by Crippen LogP contribution is -1.81. The summed E-state index contributed by atoms with van der Waals surface area (Å²) in [6, 6.07) is 16.1. The second-order valence-corrected chi connectivity index (χ2v) is 7.54. The molecule has 4 N–H and O–H groups in total. The second kappa shape index (κ2) is 8.03. The molecule has 4 aromatic rings. The van der Waals surface area contributed by atoms with Crippen LogP contribution in [0.15, 0.2) is 48.5 Å². The van der Waals surface area contributed by atoms with E-state index in [0.717, 1.165) is 21.1 Å². The summed E-state index contributed by atoms with van der Waals surface area (Å²) in [5, 5.41) is 18.3. The van der Waals surface area contributed by atoms with Gasteiger partial charge in [-0.05, 0) is 25.0 Å². The van der Waals surface area contributed by atoms with E-state index in [4.69, 9.17) is 11.5 Å². The van der Waals surface area contributed by atoms with Gasteiger partial charge in [-0.1, -0.05) is 71.2 Å². The molecule has 8 heteroatoms. The fourth-order valence-corrected chi connectivity index (χ4v) is 3.71. The summed E-state index contributed by atoms with van der Waals surface area (Å²) in [4.78, 5) is 0. The normalized spacial score (nSPS) is 10.2. The predicted molar refractivity (Wildman–Crippen MR) is 109 cm³/mol. The molecule has 0 amide bonds. The Morgan fingerprint density at radius 2 is 1.00 bits per heavy atom. The van der Waals surface area contributed by atoms with Crippen LogP contribution in [0.2, 0.25) is 0 Å². The van der Waals surface area contributed by atoms with E-state index in [1.807, 2.05) is 62.4 Å². The van der Waals surface area contributed by atoms with Gasteiger partial charge in [-0.15, -0.1) is 20.4 Å². The molecule has 0 saturated heterocycles. The molecule has 132 valence electrons. The first kappa shape index (κ1) is 18.0. The minimum atomic E-state index is 0.512. The first-order valence-corrected chi connectivity index (χ1v) is 9.48. The van der Waals surface area contributed by atoms with Crippen LogP contribution >= 0.6 is 22.7 Å². The molecule has 4 rings (SSSR count). The SMILES string of the molecule is Cc1ccccc1-c1nnc(N)s1.Cc1ccccc1-c1nnc(N)s1. The maximum absolute atomic E-state index is 5.51. The standard InChI is InChI=1S/2C9H9N3S/c2*1-6-4-2-3-5-7(6)8-11-12-9(10)13-8/h2*2-5H,1H3,(H2,10,12). The molecule has 6 nitrogen and oxygen atoms in total. The third kappa shape index (κ3) is 4.22. The average Bonchev–Trinajstić information content (AvgIpc) is 3.25. The van der Waals surface area contributed by atoms with Gasteiger partial charge in [0.2, 0.25) is 10.3 Å². The molecule has 0 saturated carbocycles. The van der Waals surface area contributed by atoms with Crippen LogP contribution in [0, 0.1) is 13.8 Å². The molecule has 0 bridgehead atoms. The molecule has 0 unspecified atom stereocenters. The van der Waals surface area contributed by atoms with Crippen molar-refractivity contribution in [2.45, 2.75) is 13.8 Å². The van der Waals surface area contributed by atoms with Crippen molar-refractivity contribution in [3.8, 4) is 21.1 Å². The zero-order valence-electron chi connectivity index (χ0n) is 14.4. The average molecular weight is 383 g/mol. The third-order valence-corrected chi connectivity index (χ3v) is 5.20. The first-order chi connectivity index (χ1) is 12.5. The van der Waals surface area contributed by atoms with E-state index in [9.17, 15) is 0 Å². The maximum atomic E-state index is 5.51. The zero-order valence-corrected chi connectivity index (χ0v) is 16.0. The van der Waals surface area contributed by atoms with Crippen LogP contribution in [-0.2, 0) is 0 Å². The summed E-state index contributed by atoms with van der Waals surface area (Å²) in [7, 11) is 0. The zero-order chi connectivity index (χ0) is 18.5. The highest BCUT2D eigenvalue weighted by Crippen LogP contribution is 2.27. The lowest BCUT2D eigenvalue weighted by molar-refractivity contribution is 1.10. The van der Waals surface area contributed by atoms with Crippen LogP contribution in [-0.4, -0.2) is 20.4 Å². The Hall–Kier alpha value is -2.84.